The van der Waals surface area contributed by atoms with Crippen molar-refractivity contribution in [3.63, 3.8) is 0 Å². The second-order valence-corrected chi connectivity index (χ2v) is 6.84. The molecule has 4 aromatic rings. The molecule has 27 heavy (non-hydrogen) atoms. The summed E-state index contributed by atoms with van der Waals surface area (Å²) in [6.07, 6.45) is 1.72. The highest BCUT2D eigenvalue weighted by atomic mass is 35.5. The average molecular weight is 380 g/mol. The molecular formula is C21H18ClN3O2. The molecule has 0 saturated carbocycles. The molecule has 2 aromatic heterocycles. The fourth-order valence-corrected chi connectivity index (χ4v) is 3.23. The van der Waals surface area contributed by atoms with Crippen molar-refractivity contribution in [2.45, 2.75) is 13.5 Å². The maximum Gasteiger partial charge on any atom is 0.258 e. The van der Waals surface area contributed by atoms with Gasteiger partial charge in [-0.2, -0.15) is 5.10 Å². The zero-order valence-electron chi connectivity index (χ0n) is 15.0. The molecule has 0 bridgehead atoms. The Bertz CT molecular complexity index is 1190. The number of aryl methyl sites for hydroxylation is 2. The van der Waals surface area contributed by atoms with E-state index >= 15 is 0 Å². The fourth-order valence-electron chi connectivity index (χ4n) is 3.02. The minimum atomic E-state index is -0.153. The van der Waals surface area contributed by atoms with Crippen LogP contribution in [0.5, 0.6) is 5.75 Å². The van der Waals surface area contributed by atoms with E-state index in [2.05, 4.69) is 5.10 Å². The highest BCUT2D eigenvalue weighted by molar-refractivity contribution is 6.30. The summed E-state index contributed by atoms with van der Waals surface area (Å²) < 4.78 is 9.16. The van der Waals surface area contributed by atoms with Crippen LogP contribution >= 0.6 is 11.6 Å². The van der Waals surface area contributed by atoms with Crippen LogP contribution in [0.1, 0.15) is 11.3 Å². The highest BCUT2D eigenvalue weighted by Gasteiger charge is 2.08. The van der Waals surface area contributed by atoms with Crippen LogP contribution in [0.25, 0.3) is 16.6 Å². The van der Waals surface area contributed by atoms with E-state index in [1.807, 2.05) is 61.1 Å². The van der Waals surface area contributed by atoms with Crippen LogP contribution in [0.4, 0.5) is 0 Å². The van der Waals surface area contributed by atoms with Crippen molar-refractivity contribution in [3.05, 3.63) is 87.4 Å². The van der Waals surface area contributed by atoms with Crippen molar-refractivity contribution in [2.24, 2.45) is 7.05 Å². The topological polar surface area (TPSA) is 49.1 Å². The Balaban J connectivity index is 1.60. The van der Waals surface area contributed by atoms with E-state index in [9.17, 15) is 4.79 Å². The molecule has 0 aliphatic carbocycles. The molecule has 2 heterocycles. The zero-order valence-corrected chi connectivity index (χ0v) is 15.8. The number of pyridine rings is 1. The largest absolute Gasteiger partial charge is 0.489 e. The van der Waals surface area contributed by atoms with E-state index in [0.717, 1.165) is 27.8 Å². The van der Waals surface area contributed by atoms with Gasteiger partial charge >= 0.3 is 0 Å². The number of benzene rings is 2. The van der Waals surface area contributed by atoms with Crippen molar-refractivity contribution in [2.75, 3.05) is 0 Å². The van der Waals surface area contributed by atoms with Gasteiger partial charge in [0, 0.05) is 41.1 Å². The molecule has 6 heteroatoms. The van der Waals surface area contributed by atoms with Crippen LogP contribution < -0.4 is 10.3 Å². The maximum atomic E-state index is 12.6. The second kappa shape index (κ2) is 6.93. The number of aromatic nitrogens is 3. The molecule has 0 radical (unpaired) electrons. The van der Waals surface area contributed by atoms with Gasteiger partial charge < -0.3 is 4.74 Å². The molecule has 4 rings (SSSR count). The van der Waals surface area contributed by atoms with Gasteiger partial charge in [0.15, 0.2) is 0 Å². The molecule has 0 unspecified atom stereocenters. The Morgan fingerprint density at radius 2 is 1.96 bits per heavy atom. The predicted octanol–water partition coefficient (Wildman–Crippen LogP) is 4.27. The lowest BCUT2D eigenvalue weighted by Crippen LogP contribution is -2.16. The van der Waals surface area contributed by atoms with Crippen LogP contribution in [-0.4, -0.2) is 14.3 Å². The number of ether oxygens (including phenoxy) is 1. The van der Waals surface area contributed by atoms with Crippen molar-refractivity contribution in [3.8, 4) is 11.4 Å². The van der Waals surface area contributed by atoms with Gasteiger partial charge in [-0.1, -0.05) is 23.7 Å². The first kappa shape index (κ1) is 17.4. The van der Waals surface area contributed by atoms with E-state index < -0.39 is 0 Å². The number of rotatable bonds is 4. The van der Waals surface area contributed by atoms with Gasteiger partial charge in [-0.05, 0) is 48.9 Å². The van der Waals surface area contributed by atoms with E-state index in [0.29, 0.717) is 17.4 Å². The molecule has 0 fully saturated rings. The normalized spacial score (nSPS) is 11.1. The molecule has 0 spiro atoms. The average Bonchev–Trinajstić information content (AvgIpc) is 2.94. The van der Waals surface area contributed by atoms with Gasteiger partial charge in [-0.25, -0.2) is 0 Å². The maximum absolute atomic E-state index is 12.6. The number of hydrogen-bond acceptors (Lipinski definition) is 3. The van der Waals surface area contributed by atoms with Gasteiger partial charge in [0.2, 0.25) is 0 Å². The van der Waals surface area contributed by atoms with Gasteiger partial charge in [0.25, 0.3) is 5.56 Å². The molecule has 136 valence electrons. The Kier molecular flexibility index (Phi) is 4.46. The molecule has 0 amide bonds. The third kappa shape index (κ3) is 3.46. The SMILES string of the molecule is Cc1c2cc(-n3ccc(OCc4cccc(Cl)c4)cc3=O)ccc2nn1C. The third-order valence-electron chi connectivity index (χ3n) is 4.58. The summed E-state index contributed by atoms with van der Waals surface area (Å²) >= 11 is 5.98. The lowest BCUT2D eigenvalue weighted by Gasteiger charge is -2.09. The smallest absolute Gasteiger partial charge is 0.258 e. The van der Waals surface area contributed by atoms with Gasteiger partial charge in [0.1, 0.15) is 12.4 Å². The summed E-state index contributed by atoms with van der Waals surface area (Å²) in [6.45, 7) is 2.36. The van der Waals surface area contributed by atoms with Gasteiger partial charge in [-0.3, -0.25) is 14.0 Å². The number of hydrogen-bond donors (Lipinski definition) is 0. The summed E-state index contributed by atoms with van der Waals surface area (Å²) in [5.74, 6) is 0.523. The number of nitrogens with zero attached hydrogens (tertiary/aromatic N) is 3. The molecule has 0 aliphatic rings. The Morgan fingerprint density at radius 3 is 2.74 bits per heavy atom. The molecule has 5 nitrogen and oxygen atoms in total. The Labute approximate surface area is 161 Å². The highest BCUT2D eigenvalue weighted by Crippen LogP contribution is 2.21. The third-order valence-corrected chi connectivity index (χ3v) is 4.81. The minimum Gasteiger partial charge on any atom is -0.489 e. The van der Waals surface area contributed by atoms with Gasteiger partial charge in [0.05, 0.1) is 5.52 Å². The standard InChI is InChI=1S/C21H18ClN3O2/c1-14-19-11-17(6-7-20(19)23-24(14)2)25-9-8-18(12-21(25)26)27-13-15-4-3-5-16(22)10-15/h3-12H,13H2,1-2H3. The monoisotopic (exact) mass is 379 g/mol. The predicted molar refractivity (Wildman–Crippen MR) is 107 cm³/mol. The molecule has 0 saturated heterocycles. The van der Waals surface area contributed by atoms with E-state index in [1.54, 1.807) is 16.8 Å². The van der Waals surface area contributed by atoms with E-state index in [4.69, 9.17) is 16.3 Å². The lowest BCUT2D eigenvalue weighted by molar-refractivity contribution is 0.305. The van der Waals surface area contributed by atoms with Crippen LogP contribution in [0, 0.1) is 6.92 Å². The van der Waals surface area contributed by atoms with Crippen molar-refractivity contribution < 1.29 is 4.74 Å². The van der Waals surface area contributed by atoms with Crippen molar-refractivity contribution >= 4 is 22.5 Å². The summed E-state index contributed by atoms with van der Waals surface area (Å²) in [5.41, 5.74) is 3.56. The summed E-state index contributed by atoms with van der Waals surface area (Å²) in [7, 11) is 1.91. The molecule has 0 aliphatic heterocycles. The van der Waals surface area contributed by atoms with E-state index in [-0.39, 0.29) is 5.56 Å². The van der Waals surface area contributed by atoms with E-state index in [1.165, 1.54) is 6.07 Å². The molecular weight excluding hydrogens is 362 g/mol. The van der Waals surface area contributed by atoms with Crippen LogP contribution in [0.3, 0.4) is 0 Å². The number of fused-ring (bicyclic) bond motifs is 1. The summed E-state index contributed by atoms with van der Waals surface area (Å²) in [5, 5.41) is 6.13. The van der Waals surface area contributed by atoms with Crippen molar-refractivity contribution in [1.29, 1.82) is 0 Å². The minimum absolute atomic E-state index is 0.153. The molecule has 0 N–H and O–H groups in total. The van der Waals surface area contributed by atoms with Crippen LogP contribution in [0.2, 0.25) is 5.02 Å². The molecule has 2 aromatic carbocycles. The lowest BCUT2D eigenvalue weighted by atomic mass is 10.2. The first-order valence-corrected chi connectivity index (χ1v) is 8.93. The van der Waals surface area contributed by atoms with Crippen LogP contribution in [0.15, 0.2) is 65.6 Å². The zero-order chi connectivity index (χ0) is 19.0. The fraction of sp³-hybridized carbons (Fsp3) is 0.143. The second-order valence-electron chi connectivity index (χ2n) is 6.40. The number of halogens is 1. The van der Waals surface area contributed by atoms with Crippen LogP contribution in [-0.2, 0) is 13.7 Å². The Hall–Kier alpha value is -3.05. The summed E-state index contributed by atoms with van der Waals surface area (Å²) in [6, 6.07) is 16.5. The summed E-state index contributed by atoms with van der Waals surface area (Å²) in [4.78, 5) is 12.6. The van der Waals surface area contributed by atoms with Gasteiger partial charge in [-0.15, -0.1) is 0 Å². The first-order valence-electron chi connectivity index (χ1n) is 8.55. The first-order chi connectivity index (χ1) is 13.0. The molecule has 0 atom stereocenters. The van der Waals surface area contributed by atoms with Crippen molar-refractivity contribution in [1.82, 2.24) is 14.3 Å². The Morgan fingerprint density at radius 1 is 1.11 bits per heavy atom. The quantitative estimate of drug-likeness (QED) is 0.532.